The van der Waals surface area contributed by atoms with Crippen molar-refractivity contribution in [3.8, 4) is 0 Å². The Kier molecular flexibility index (Phi) is 6.35. The molecular weight excluding hydrogens is 366 g/mol. The Balaban J connectivity index is 1.74. The largest absolute Gasteiger partial charge is 0.417 e. The van der Waals surface area contributed by atoms with Crippen LogP contribution in [0.5, 0.6) is 0 Å². The van der Waals surface area contributed by atoms with Crippen molar-refractivity contribution >= 4 is 24.2 Å². The highest BCUT2D eigenvalue weighted by Crippen LogP contribution is 2.36. The predicted molar refractivity (Wildman–Crippen MR) is 106 cm³/mol. The maximum Gasteiger partial charge on any atom is 0.269 e. The van der Waals surface area contributed by atoms with Gasteiger partial charge in [-0.3, -0.25) is 4.79 Å². The molecule has 7 heteroatoms. The molecular formula is C19H31NO4SSi. The summed E-state index contributed by atoms with van der Waals surface area (Å²) < 4.78 is 32.1. The molecule has 2 rings (SSSR count). The lowest BCUT2D eigenvalue weighted by molar-refractivity contribution is 0.0869. The molecule has 146 valence electrons. The Morgan fingerprint density at radius 1 is 1.04 bits per heavy atom. The number of unbranched alkanes of at least 4 members (excludes halogenated alkanes) is 3. The number of amides is 1. The molecule has 0 aromatic heterocycles. The number of carbonyl (C=O) groups excluding carboxylic acids is 1. The Labute approximate surface area is 158 Å². The third kappa shape index (κ3) is 4.38. The quantitative estimate of drug-likeness (QED) is 0.481. The number of fused-ring (bicyclic) bond motifs is 1. The second kappa shape index (κ2) is 7.82. The summed E-state index contributed by atoms with van der Waals surface area (Å²) in [6, 6.07) is 6.42. The van der Waals surface area contributed by atoms with E-state index in [1.807, 2.05) is 0 Å². The number of hydrogen-bond acceptors (Lipinski definition) is 4. The molecule has 0 spiro atoms. The summed E-state index contributed by atoms with van der Waals surface area (Å²) in [5.41, 5.74) is 0.287. The van der Waals surface area contributed by atoms with Crippen molar-refractivity contribution < 1.29 is 17.6 Å². The van der Waals surface area contributed by atoms with Crippen LogP contribution in [0.15, 0.2) is 29.2 Å². The first-order chi connectivity index (χ1) is 12.0. The Bertz CT molecular complexity index is 753. The first-order valence-electron chi connectivity index (χ1n) is 9.28. The van der Waals surface area contributed by atoms with Crippen molar-refractivity contribution in [2.75, 3.05) is 13.2 Å². The summed E-state index contributed by atoms with van der Waals surface area (Å²) in [6.45, 7) is 12.2. The van der Waals surface area contributed by atoms with E-state index in [0.29, 0.717) is 6.42 Å². The Morgan fingerprint density at radius 3 is 2.27 bits per heavy atom. The van der Waals surface area contributed by atoms with E-state index >= 15 is 0 Å². The van der Waals surface area contributed by atoms with E-state index in [1.54, 1.807) is 18.2 Å². The first kappa shape index (κ1) is 21.1. The van der Waals surface area contributed by atoms with Crippen LogP contribution in [-0.2, 0) is 14.4 Å². The van der Waals surface area contributed by atoms with Gasteiger partial charge < -0.3 is 4.43 Å². The van der Waals surface area contributed by atoms with E-state index in [-0.39, 0.29) is 22.0 Å². The number of sulfonamides is 1. The predicted octanol–water partition coefficient (Wildman–Crippen LogP) is 4.41. The van der Waals surface area contributed by atoms with Crippen molar-refractivity contribution in [3.05, 3.63) is 29.8 Å². The summed E-state index contributed by atoms with van der Waals surface area (Å²) in [7, 11) is -5.36. The van der Waals surface area contributed by atoms with Gasteiger partial charge in [0.15, 0.2) is 8.32 Å². The topological polar surface area (TPSA) is 63.7 Å². The van der Waals surface area contributed by atoms with Crippen LogP contribution in [-0.4, -0.2) is 40.1 Å². The third-order valence-corrected chi connectivity index (χ3v) is 11.8. The molecule has 0 fully saturated rings. The lowest BCUT2D eigenvalue weighted by Crippen LogP contribution is -2.40. The van der Waals surface area contributed by atoms with E-state index in [1.165, 1.54) is 6.07 Å². The van der Waals surface area contributed by atoms with Gasteiger partial charge >= 0.3 is 0 Å². The van der Waals surface area contributed by atoms with Gasteiger partial charge in [0.2, 0.25) is 0 Å². The average molecular weight is 398 g/mol. The monoisotopic (exact) mass is 397 g/mol. The maximum atomic E-state index is 12.5. The fraction of sp³-hybridized carbons (Fsp3) is 0.632. The lowest BCUT2D eigenvalue weighted by atomic mass is 10.2. The minimum absolute atomic E-state index is 0.132. The van der Waals surface area contributed by atoms with Gasteiger partial charge in [0.1, 0.15) is 4.90 Å². The van der Waals surface area contributed by atoms with Crippen LogP contribution in [0.1, 0.15) is 56.8 Å². The van der Waals surface area contributed by atoms with Crippen LogP contribution >= 0.6 is 0 Å². The van der Waals surface area contributed by atoms with Crippen molar-refractivity contribution in [2.24, 2.45) is 0 Å². The third-order valence-electron chi connectivity index (χ3n) is 5.44. The molecule has 5 nitrogen and oxygen atoms in total. The van der Waals surface area contributed by atoms with E-state index in [0.717, 1.165) is 30.2 Å². The molecule has 0 bridgehead atoms. The second-order valence-electron chi connectivity index (χ2n) is 8.40. The molecule has 1 aliphatic rings. The summed E-state index contributed by atoms with van der Waals surface area (Å²) in [6.07, 6.45) is 3.51. The van der Waals surface area contributed by atoms with Crippen LogP contribution in [0.3, 0.4) is 0 Å². The van der Waals surface area contributed by atoms with Crippen LogP contribution in [0.4, 0.5) is 0 Å². The van der Waals surface area contributed by atoms with Crippen LogP contribution in [0.25, 0.3) is 0 Å². The van der Waals surface area contributed by atoms with Gasteiger partial charge in [-0.2, -0.15) is 0 Å². The van der Waals surface area contributed by atoms with Crippen molar-refractivity contribution in [3.63, 3.8) is 0 Å². The zero-order valence-electron chi connectivity index (χ0n) is 16.5. The van der Waals surface area contributed by atoms with E-state index in [9.17, 15) is 13.2 Å². The summed E-state index contributed by atoms with van der Waals surface area (Å²) in [5, 5.41) is 0.215. The number of nitrogens with zero attached hydrogens (tertiary/aromatic N) is 1. The van der Waals surface area contributed by atoms with Gasteiger partial charge in [0, 0.05) is 13.2 Å². The molecule has 0 atom stereocenters. The van der Waals surface area contributed by atoms with Gasteiger partial charge in [0.25, 0.3) is 15.9 Å². The normalized spacial score (nSPS) is 16.8. The van der Waals surface area contributed by atoms with E-state index in [4.69, 9.17) is 4.43 Å². The molecule has 0 unspecified atom stereocenters. The van der Waals surface area contributed by atoms with Crippen LogP contribution in [0, 0.1) is 0 Å². The fourth-order valence-corrected chi connectivity index (χ4v) is 5.40. The van der Waals surface area contributed by atoms with Crippen LogP contribution in [0.2, 0.25) is 18.1 Å². The smallest absolute Gasteiger partial charge is 0.269 e. The number of hydrogen-bond donors (Lipinski definition) is 0. The molecule has 1 amide bonds. The number of carbonyl (C=O) groups is 1. The molecule has 0 N–H and O–H groups in total. The maximum absolute atomic E-state index is 12.5. The summed E-state index contributed by atoms with van der Waals surface area (Å²) in [5.74, 6) is -0.401. The first-order valence-corrected chi connectivity index (χ1v) is 13.6. The Morgan fingerprint density at radius 2 is 1.65 bits per heavy atom. The molecule has 0 saturated heterocycles. The minimum atomic E-state index is -3.66. The van der Waals surface area contributed by atoms with Gasteiger partial charge in [-0.1, -0.05) is 45.7 Å². The van der Waals surface area contributed by atoms with Crippen LogP contribution < -0.4 is 0 Å². The highest BCUT2D eigenvalue weighted by Gasteiger charge is 2.40. The molecule has 1 heterocycles. The second-order valence-corrected chi connectivity index (χ2v) is 15.0. The van der Waals surface area contributed by atoms with Crippen molar-refractivity contribution in [2.45, 2.75) is 69.5 Å². The molecule has 26 heavy (non-hydrogen) atoms. The Hall–Kier alpha value is -1.18. The highest BCUT2D eigenvalue weighted by atomic mass is 32.2. The number of rotatable bonds is 8. The van der Waals surface area contributed by atoms with Gasteiger partial charge in [-0.25, -0.2) is 12.7 Å². The van der Waals surface area contributed by atoms with E-state index < -0.39 is 24.2 Å². The number of benzene rings is 1. The van der Waals surface area contributed by atoms with Crippen molar-refractivity contribution in [1.29, 1.82) is 0 Å². The summed E-state index contributed by atoms with van der Waals surface area (Å²) in [4.78, 5) is 12.4. The zero-order valence-corrected chi connectivity index (χ0v) is 18.4. The lowest BCUT2D eigenvalue weighted by Gasteiger charge is -2.36. The summed E-state index contributed by atoms with van der Waals surface area (Å²) >= 11 is 0. The minimum Gasteiger partial charge on any atom is -0.417 e. The SMILES string of the molecule is CC(C)(C)[Si](C)(C)OCCCCCCN1C(=O)c2ccccc2S1(=O)=O. The highest BCUT2D eigenvalue weighted by molar-refractivity contribution is 7.90. The van der Waals surface area contributed by atoms with Gasteiger partial charge in [-0.05, 0) is 43.1 Å². The van der Waals surface area contributed by atoms with Gasteiger partial charge in [-0.15, -0.1) is 0 Å². The van der Waals surface area contributed by atoms with Gasteiger partial charge in [0.05, 0.1) is 5.56 Å². The van der Waals surface area contributed by atoms with E-state index in [2.05, 4.69) is 33.9 Å². The van der Waals surface area contributed by atoms with Crippen molar-refractivity contribution in [1.82, 2.24) is 4.31 Å². The molecule has 0 radical (unpaired) electrons. The molecule has 0 saturated carbocycles. The standard InChI is InChI=1S/C19H31NO4SSi/c1-19(2,3)26(4,5)24-15-11-7-6-10-14-20-18(21)16-12-8-9-13-17(16)25(20,22)23/h8-9,12-13H,6-7,10-11,14-15H2,1-5H3. The molecule has 1 aromatic carbocycles. The average Bonchev–Trinajstić information content (AvgIpc) is 2.73. The molecule has 1 aromatic rings. The molecule has 1 aliphatic heterocycles. The fourth-order valence-electron chi connectivity index (χ4n) is 2.71. The molecule has 0 aliphatic carbocycles. The zero-order chi connectivity index (χ0) is 19.6.